The average molecular weight is 249 g/mol. The van der Waals surface area contributed by atoms with Gasteiger partial charge in [0.15, 0.2) is 11.6 Å². The lowest BCUT2D eigenvalue weighted by Crippen LogP contribution is -2.28. The van der Waals surface area contributed by atoms with Crippen LogP contribution in [0, 0.1) is 11.6 Å². The molecule has 0 N–H and O–H groups in total. The first-order chi connectivity index (χ1) is 7.23. The van der Waals surface area contributed by atoms with Crippen molar-refractivity contribution in [3.8, 4) is 0 Å². The average Bonchev–Trinajstić information content (AvgIpc) is 2.18. The van der Waals surface area contributed by atoms with Crippen LogP contribution < -0.4 is 0 Å². The summed E-state index contributed by atoms with van der Waals surface area (Å²) in [4.78, 5) is 0. The summed E-state index contributed by atoms with van der Waals surface area (Å²) >= 11 is 0. The highest BCUT2D eigenvalue weighted by Crippen LogP contribution is 2.22. The van der Waals surface area contributed by atoms with Crippen molar-refractivity contribution < 1.29 is 17.2 Å². The van der Waals surface area contributed by atoms with E-state index in [9.17, 15) is 17.2 Å². The molecule has 90 valence electrons. The van der Waals surface area contributed by atoms with Crippen molar-refractivity contribution >= 4 is 10.0 Å². The number of hydrogen-bond acceptors (Lipinski definition) is 2. The van der Waals surface area contributed by atoms with Gasteiger partial charge in [-0.25, -0.2) is 17.2 Å². The van der Waals surface area contributed by atoms with E-state index in [4.69, 9.17) is 0 Å². The Kier molecular flexibility index (Phi) is 3.64. The number of hydrogen-bond donors (Lipinski definition) is 0. The van der Waals surface area contributed by atoms with E-state index < -0.39 is 27.7 Å². The van der Waals surface area contributed by atoms with Gasteiger partial charge in [-0.05, 0) is 24.6 Å². The van der Waals surface area contributed by atoms with E-state index in [2.05, 4.69) is 0 Å². The van der Waals surface area contributed by atoms with Crippen molar-refractivity contribution in [3.05, 3.63) is 35.4 Å². The standard InChI is InChI=1S/C10H13F2NO2S/c1-7(13(2)16(3,14)15)8-4-5-9(11)10(12)6-8/h4-7H,1-3H3. The van der Waals surface area contributed by atoms with E-state index in [1.54, 1.807) is 6.92 Å². The topological polar surface area (TPSA) is 37.4 Å². The van der Waals surface area contributed by atoms with Gasteiger partial charge in [-0.2, -0.15) is 4.31 Å². The van der Waals surface area contributed by atoms with E-state index >= 15 is 0 Å². The molecule has 16 heavy (non-hydrogen) atoms. The predicted molar refractivity (Wildman–Crippen MR) is 57.4 cm³/mol. The molecule has 0 saturated heterocycles. The van der Waals surface area contributed by atoms with Crippen molar-refractivity contribution in [3.63, 3.8) is 0 Å². The van der Waals surface area contributed by atoms with Gasteiger partial charge in [0.1, 0.15) is 0 Å². The quantitative estimate of drug-likeness (QED) is 0.820. The largest absolute Gasteiger partial charge is 0.212 e. The molecule has 0 spiro atoms. The minimum absolute atomic E-state index is 0.409. The third-order valence-corrected chi connectivity index (χ3v) is 3.86. The molecule has 0 aromatic heterocycles. The lowest BCUT2D eigenvalue weighted by atomic mass is 10.1. The van der Waals surface area contributed by atoms with Crippen LogP contribution in [-0.4, -0.2) is 26.0 Å². The number of nitrogens with zero attached hydrogens (tertiary/aromatic N) is 1. The van der Waals surface area contributed by atoms with E-state index in [0.29, 0.717) is 5.56 Å². The SMILES string of the molecule is CC(c1ccc(F)c(F)c1)N(C)S(C)(=O)=O. The zero-order valence-electron chi connectivity index (χ0n) is 9.24. The molecule has 0 radical (unpaired) electrons. The van der Waals surface area contributed by atoms with Crippen LogP contribution in [0.3, 0.4) is 0 Å². The first-order valence-electron chi connectivity index (χ1n) is 4.61. The Labute approximate surface area is 93.7 Å². The molecular weight excluding hydrogens is 236 g/mol. The minimum Gasteiger partial charge on any atom is -0.212 e. The maximum atomic E-state index is 13.0. The van der Waals surface area contributed by atoms with Gasteiger partial charge in [0.25, 0.3) is 0 Å². The first kappa shape index (κ1) is 13.1. The molecule has 1 unspecified atom stereocenters. The summed E-state index contributed by atoms with van der Waals surface area (Å²) in [6.45, 7) is 1.60. The Hall–Kier alpha value is -1.01. The van der Waals surface area contributed by atoms with Gasteiger partial charge in [-0.1, -0.05) is 6.07 Å². The number of sulfonamides is 1. The number of rotatable bonds is 3. The predicted octanol–water partition coefficient (Wildman–Crippen LogP) is 1.92. The monoisotopic (exact) mass is 249 g/mol. The van der Waals surface area contributed by atoms with E-state index in [1.165, 1.54) is 13.1 Å². The highest BCUT2D eigenvalue weighted by atomic mass is 32.2. The van der Waals surface area contributed by atoms with Gasteiger partial charge in [0, 0.05) is 13.1 Å². The van der Waals surface area contributed by atoms with Crippen LogP contribution in [0.25, 0.3) is 0 Å². The molecule has 1 rings (SSSR count). The summed E-state index contributed by atoms with van der Waals surface area (Å²) in [5, 5.41) is 0. The Morgan fingerprint density at radius 2 is 1.81 bits per heavy atom. The van der Waals surface area contributed by atoms with Crippen LogP contribution >= 0.6 is 0 Å². The van der Waals surface area contributed by atoms with Crippen LogP contribution in [0.4, 0.5) is 8.78 Å². The fourth-order valence-corrected chi connectivity index (χ4v) is 1.97. The van der Waals surface area contributed by atoms with Gasteiger partial charge in [0.05, 0.1) is 6.26 Å². The van der Waals surface area contributed by atoms with Gasteiger partial charge < -0.3 is 0 Å². The minimum atomic E-state index is -3.36. The Morgan fingerprint density at radius 3 is 2.25 bits per heavy atom. The van der Waals surface area contributed by atoms with Crippen molar-refractivity contribution in [2.45, 2.75) is 13.0 Å². The molecule has 1 aromatic carbocycles. The van der Waals surface area contributed by atoms with E-state index in [0.717, 1.165) is 22.7 Å². The van der Waals surface area contributed by atoms with Crippen LogP contribution in [0.1, 0.15) is 18.5 Å². The highest BCUT2D eigenvalue weighted by molar-refractivity contribution is 7.88. The van der Waals surface area contributed by atoms with Gasteiger partial charge in [0.2, 0.25) is 10.0 Å². The number of halogens is 2. The van der Waals surface area contributed by atoms with Gasteiger partial charge in [-0.15, -0.1) is 0 Å². The van der Waals surface area contributed by atoms with Crippen LogP contribution in [-0.2, 0) is 10.0 Å². The fourth-order valence-electron chi connectivity index (χ4n) is 1.27. The zero-order valence-corrected chi connectivity index (χ0v) is 10.1. The van der Waals surface area contributed by atoms with Crippen LogP contribution in [0.5, 0.6) is 0 Å². The zero-order chi connectivity index (χ0) is 12.5. The van der Waals surface area contributed by atoms with Gasteiger partial charge in [-0.3, -0.25) is 0 Å². The second-order valence-electron chi connectivity index (χ2n) is 3.63. The molecule has 1 aromatic rings. The summed E-state index contributed by atoms with van der Waals surface area (Å²) in [7, 11) is -1.97. The maximum absolute atomic E-state index is 13.0. The number of benzene rings is 1. The molecule has 0 fully saturated rings. The first-order valence-corrected chi connectivity index (χ1v) is 6.46. The Balaban J connectivity index is 3.06. The lowest BCUT2D eigenvalue weighted by molar-refractivity contribution is 0.399. The summed E-state index contributed by atoms with van der Waals surface area (Å²) in [5.74, 6) is -1.93. The lowest BCUT2D eigenvalue weighted by Gasteiger charge is -2.22. The fraction of sp³-hybridized carbons (Fsp3) is 0.400. The molecule has 0 heterocycles. The molecule has 0 aliphatic rings. The molecule has 0 aliphatic heterocycles. The third kappa shape index (κ3) is 2.76. The summed E-state index contributed by atoms with van der Waals surface area (Å²) in [6, 6.07) is 2.81. The molecule has 1 atom stereocenters. The molecule has 0 saturated carbocycles. The molecule has 6 heteroatoms. The molecule has 3 nitrogen and oxygen atoms in total. The summed E-state index contributed by atoms with van der Waals surface area (Å²) in [6.07, 6.45) is 1.06. The second-order valence-corrected chi connectivity index (χ2v) is 5.67. The van der Waals surface area contributed by atoms with Crippen molar-refractivity contribution in [2.24, 2.45) is 0 Å². The van der Waals surface area contributed by atoms with E-state index in [-0.39, 0.29) is 0 Å². The molecule has 0 aliphatic carbocycles. The Bertz CT molecular complexity index is 488. The third-order valence-electron chi connectivity index (χ3n) is 2.49. The van der Waals surface area contributed by atoms with Crippen molar-refractivity contribution in [1.82, 2.24) is 4.31 Å². The highest BCUT2D eigenvalue weighted by Gasteiger charge is 2.20. The smallest absolute Gasteiger partial charge is 0.211 e. The molecular formula is C10H13F2NO2S. The molecule has 0 amide bonds. The maximum Gasteiger partial charge on any atom is 0.211 e. The van der Waals surface area contributed by atoms with Crippen molar-refractivity contribution in [2.75, 3.05) is 13.3 Å². The molecule has 0 bridgehead atoms. The normalized spacial score (nSPS) is 14.1. The Morgan fingerprint density at radius 1 is 1.25 bits per heavy atom. The van der Waals surface area contributed by atoms with Crippen LogP contribution in [0.15, 0.2) is 18.2 Å². The summed E-state index contributed by atoms with van der Waals surface area (Å²) < 4.78 is 49.3. The van der Waals surface area contributed by atoms with E-state index in [1.807, 2.05) is 0 Å². The second kappa shape index (κ2) is 4.47. The summed E-state index contributed by atoms with van der Waals surface area (Å²) in [5.41, 5.74) is 0.409. The van der Waals surface area contributed by atoms with Gasteiger partial charge >= 0.3 is 0 Å². The van der Waals surface area contributed by atoms with Crippen molar-refractivity contribution in [1.29, 1.82) is 0 Å². The van der Waals surface area contributed by atoms with Crippen LogP contribution in [0.2, 0.25) is 0 Å².